The fourth-order valence-electron chi connectivity index (χ4n) is 1.30. The normalized spacial score (nSPS) is 11.7. The first kappa shape index (κ1) is 15.7. The fourth-order valence-corrected chi connectivity index (χ4v) is 1.30. The highest BCUT2D eigenvalue weighted by Crippen LogP contribution is 2.19. The zero-order valence-corrected chi connectivity index (χ0v) is 11.2. The Morgan fingerprint density at radius 1 is 1.20 bits per heavy atom. The Bertz CT molecular complexity index is 449. The molecular formula is C12H17NO7. The molecule has 0 aliphatic heterocycles. The summed E-state index contributed by atoms with van der Waals surface area (Å²) in [4.78, 5) is 27.3. The Hall–Kier alpha value is -2.38. The number of aromatic hydroxyl groups is 2. The summed E-state index contributed by atoms with van der Waals surface area (Å²) < 4.78 is 10.1. The second kappa shape index (κ2) is 7.27. The molecule has 0 fully saturated rings. The van der Waals surface area contributed by atoms with E-state index in [2.05, 4.69) is 4.84 Å². The first-order valence-corrected chi connectivity index (χ1v) is 6.16. The minimum Gasteiger partial charge on any atom is -0.492 e. The van der Waals surface area contributed by atoms with Gasteiger partial charge in [0, 0.05) is 25.0 Å². The van der Waals surface area contributed by atoms with E-state index in [-0.39, 0.29) is 12.8 Å². The highest BCUT2D eigenvalue weighted by molar-refractivity contribution is 5.69. The Morgan fingerprint density at radius 2 is 1.80 bits per heavy atom. The molecule has 0 aromatic carbocycles. The number of aromatic nitrogens is 1. The molecule has 0 amide bonds. The van der Waals surface area contributed by atoms with Gasteiger partial charge >= 0.3 is 12.1 Å². The maximum absolute atomic E-state index is 11.4. The van der Waals surface area contributed by atoms with Crippen LogP contribution in [0.2, 0.25) is 0 Å². The van der Waals surface area contributed by atoms with Crippen molar-refractivity contribution in [3.8, 4) is 11.8 Å². The van der Waals surface area contributed by atoms with Crippen LogP contribution in [0.15, 0.2) is 12.1 Å². The standard InChI is InChI=1S/C12H17NO7/c1-3-5-10(16)18-11(4-2)19-12(17)20-13-8(14)6-7-9(13)15/h6-7,11,14-15H,3-5H2,1-2H3. The monoisotopic (exact) mass is 287 g/mol. The van der Waals surface area contributed by atoms with Crippen LogP contribution < -0.4 is 4.84 Å². The molecule has 1 rings (SSSR count). The molecule has 1 heterocycles. The zero-order chi connectivity index (χ0) is 15.1. The molecule has 1 aromatic heterocycles. The van der Waals surface area contributed by atoms with E-state index < -0.39 is 30.2 Å². The van der Waals surface area contributed by atoms with Gasteiger partial charge in [0.2, 0.25) is 11.8 Å². The van der Waals surface area contributed by atoms with Gasteiger partial charge in [-0.1, -0.05) is 13.8 Å². The predicted molar refractivity (Wildman–Crippen MR) is 65.9 cm³/mol. The number of hydrogen-bond acceptors (Lipinski definition) is 7. The molecule has 0 radical (unpaired) electrons. The molecule has 0 spiro atoms. The summed E-state index contributed by atoms with van der Waals surface area (Å²) in [7, 11) is 0. The second-order valence-corrected chi connectivity index (χ2v) is 3.88. The Labute approximate surface area is 115 Å². The number of carbonyl (C=O) groups excluding carboxylic acids is 2. The number of ether oxygens (including phenoxy) is 2. The van der Waals surface area contributed by atoms with E-state index in [1.54, 1.807) is 6.92 Å². The molecule has 0 saturated heterocycles. The molecule has 2 N–H and O–H groups in total. The number of esters is 1. The summed E-state index contributed by atoms with van der Waals surface area (Å²) in [5.74, 6) is -1.44. The molecule has 1 atom stereocenters. The van der Waals surface area contributed by atoms with Gasteiger partial charge in [-0.15, -0.1) is 4.73 Å². The molecule has 8 nitrogen and oxygen atoms in total. The average Bonchev–Trinajstić information content (AvgIpc) is 2.70. The maximum Gasteiger partial charge on any atom is 0.537 e. The van der Waals surface area contributed by atoms with Gasteiger partial charge in [-0.3, -0.25) is 9.63 Å². The van der Waals surface area contributed by atoms with Crippen molar-refractivity contribution >= 4 is 12.1 Å². The van der Waals surface area contributed by atoms with Crippen molar-refractivity contribution in [3.05, 3.63) is 12.1 Å². The quantitative estimate of drug-likeness (QED) is 0.603. The third-order valence-electron chi connectivity index (χ3n) is 2.24. The average molecular weight is 287 g/mol. The number of nitrogens with zero attached hydrogens (tertiary/aromatic N) is 1. The van der Waals surface area contributed by atoms with Gasteiger partial charge in [-0.25, -0.2) is 4.79 Å². The highest BCUT2D eigenvalue weighted by Gasteiger charge is 2.20. The molecule has 1 aromatic rings. The summed E-state index contributed by atoms with van der Waals surface area (Å²) in [5, 5.41) is 18.5. The van der Waals surface area contributed by atoms with Gasteiger partial charge in [0.1, 0.15) is 0 Å². The van der Waals surface area contributed by atoms with Gasteiger partial charge in [0.05, 0.1) is 0 Å². The lowest BCUT2D eigenvalue weighted by atomic mass is 10.3. The minimum absolute atomic E-state index is 0.216. The van der Waals surface area contributed by atoms with Crippen molar-refractivity contribution in [2.24, 2.45) is 0 Å². The van der Waals surface area contributed by atoms with E-state index in [0.29, 0.717) is 11.2 Å². The largest absolute Gasteiger partial charge is 0.537 e. The predicted octanol–water partition coefficient (Wildman–Crippen LogP) is 1.54. The van der Waals surface area contributed by atoms with E-state index in [4.69, 9.17) is 9.47 Å². The van der Waals surface area contributed by atoms with E-state index in [1.165, 1.54) is 0 Å². The summed E-state index contributed by atoms with van der Waals surface area (Å²) in [6.45, 7) is 3.47. The van der Waals surface area contributed by atoms with E-state index in [1.807, 2.05) is 6.92 Å². The SMILES string of the molecule is CCCC(=O)OC(CC)OC(=O)On1c(O)ccc1O. The van der Waals surface area contributed by atoms with Crippen molar-refractivity contribution in [2.75, 3.05) is 0 Å². The summed E-state index contributed by atoms with van der Waals surface area (Å²) in [6.07, 6.45) is -1.23. The third kappa shape index (κ3) is 4.38. The van der Waals surface area contributed by atoms with E-state index >= 15 is 0 Å². The molecule has 1 unspecified atom stereocenters. The van der Waals surface area contributed by atoms with Gasteiger partial charge in [0.15, 0.2) is 0 Å². The van der Waals surface area contributed by atoms with Crippen LogP contribution >= 0.6 is 0 Å². The molecule has 8 heteroatoms. The first-order valence-electron chi connectivity index (χ1n) is 6.16. The van der Waals surface area contributed by atoms with Crippen molar-refractivity contribution in [1.29, 1.82) is 0 Å². The zero-order valence-electron chi connectivity index (χ0n) is 11.2. The number of hydrogen-bond donors (Lipinski definition) is 2. The molecule has 0 aliphatic rings. The van der Waals surface area contributed by atoms with Gasteiger partial charge < -0.3 is 19.7 Å². The van der Waals surface area contributed by atoms with Gasteiger partial charge in [-0.05, 0) is 6.42 Å². The topological polar surface area (TPSA) is 107 Å². The van der Waals surface area contributed by atoms with Crippen LogP contribution in [0.3, 0.4) is 0 Å². The van der Waals surface area contributed by atoms with Gasteiger partial charge in [-0.2, -0.15) is 0 Å². The molecule has 0 aliphatic carbocycles. The van der Waals surface area contributed by atoms with Gasteiger partial charge in [0.25, 0.3) is 6.29 Å². The van der Waals surface area contributed by atoms with Crippen LogP contribution in [0.4, 0.5) is 4.79 Å². The van der Waals surface area contributed by atoms with Crippen molar-refractivity contribution in [2.45, 2.75) is 39.4 Å². The Morgan fingerprint density at radius 3 is 2.30 bits per heavy atom. The minimum atomic E-state index is -1.22. The lowest BCUT2D eigenvalue weighted by Gasteiger charge is -2.16. The summed E-state index contributed by atoms with van der Waals surface area (Å²) in [5.41, 5.74) is 0. The van der Waals surface area contributed by atoms with Crippen LogP contribution in [0.25, 0.3) is 0 Å². The molecule has 112 valence electrons. The fraction of sp³-hybridized carbons (Fsp3) is 0.500. The lowest BCUT2D eigenvalue weighted by molar-refractivity contribution is -0.172. The summed E-state index contributed by atoms with van der Waals surface area (Å²) >= 11 is 0. The molecule has 0 saturated carbocycles. The Kier molecular flexibility index (Phi) is 5.70. The van der Waals surface area contributed by atoms with Crippen LogP contribution in [0, 0.1) is 0 Å². The second-order valence-electron chi connectivity index (χ2n) is 3.88. The molecule has 0 bridgehead atoms. The molecule has 20 heavy (non-hydrogen) atoms. The van der Waals surface area contributed by atoms with Crippen molar-refractivity contribution in [3.63, 3.8) is 0 Å². The van der Waals surface area contributed by atoms with Crippen molar-refractivity contribution < 1.29 is 34.1 Å². The number of carbonyl (C=O) groups is 2. The van der Waals surface area contributed by atoms with Crippen LogP contribution in [-0.2, 0) is 14.3 Å². The van der Waals surface area contributed by atoms with E-state index in [9.17, 15) is 19.8 Å². The smallest absolute Gasteiger partial charge is 0.492 e. The maximum atomic E-state index is 11.4. The van der Waals surface area contributed by atoms with E-state index in [0.717, 1.165) is 12.1 Å². The van der Waals surface area contributed by atoms with Crippen LogP contribution in [-0.4, -0.2) is 33.4 Å². The Balaban J connectivity index is 2.53. The third-order valence-corrected chi connectivity index (χ3v) is 2.24. The summed E-state index contributed by atoms with van der Waals surface area (Å²) in [6, 6.07) is 2.25. The lowest BCUT2D eigenvalue weighted by Crippen LogP contribution is -2.28. The molecular weight excluding hydrogens is 270 g/mol. The highest BCUT2D eigenvalue weighted by atomic mass is 16.9. The first-order chi connectivity index (χ1) is 9.47. The van der Waals surface area contributed by atoms with Crippen LogP contribution in [0.1, 0.15) is 33.1 Å². The number of rotatable bonds is 6. The van der Waals surface area contributed by atoms with Crippen LogP contribution in [0.5, 0.6) is 11.8 Å². The van der Waals surface area contributed by atoms with Crippen molar-refractivity contribution in [1.82, 2.24) is 4.73 Å².